The van der Waals surface area contributed by atoms with Gasteiger partial charge >= 0.3 is 0 Å². The first-order valence-electron chi connectivity index (χ1n) is 9.03. The first-order valence-corrected chi connectivity index (χ1v) is 9.97. The second-order valence-electron chi connectivity index (χ2n) is 6.88. The molecule has 0 N–H and O–H groups in total. The molecule has 1 unspecified atom stereocenters. The Bertz CT molecular complexity index is 904. The number of piperazine rings is 1. The predicted molar refractivity (Wildman–Crippen MR) is 100.0 cm³/mol. The fourth-order valence-electron chi connectivity index (χ4n) is 3.70. The van der Waals surface area contributed by atoms with Crippen molar-refractivity contribution >= 4 is 29.1 Å². The van der Waals surface area contributed by atoms with Crippen molar-refractivity contribution in [1.29, 1.82) is 0 Å². The number of amides is 3. The van der Waals surface area contributed by atoms with Crippen molar-refractivity contribution in [3.8, 4) is 0 Å². The summed E-state index contributed by atoms with van der Waals surface area (Å²) in [6.45, 7) is 1.22. The van der Waals surface area contributed by atoms with E-state index in [1.165, 1.54) is 28.4 Å². The quantitative estimate of drug-likeness (QED) is 0.777. The lowest BCUT2D eigenvalue weighted by atomic mass is 10.1. The molecule has 2 fully saturated rings. The molecule has 3 heterocycles. The van der Waals surface area contributed by atoms with Gasteiger partial charge in [0.05, 0.1) is 5.51 Å². The molecule has 146 valence electrons. The third-order valence-electron chi connectivity index (χ3n) is 5.10. The molecule has 1 aromatic carbocycles. The van der Waals surface area contributed by atoms with Crippen LogP contribution < -0.4 is 0 Å². The zero-order valence-electron chi connectivity index (χ0n) is 15.1. The Morgan fingerprint density at radius 1 is 1.25 bits per heavy atom. The van der Waals surface area contributed by atoms with Crippen LogP contribution in [0.25, 0.3) is 0 Å². The largest absolute Gasteiger partial charge is 0.335 e. The summed E-state index contributed by atoms with van der Waals surface area (Å²) in [7, 11) is 0. The van der Waals surface area contributed by atoms with Gasteiger partial charge in [-0.15, -0.1) is 11.3 Å². The van der Waals surface area contributed by atoms with E-state index in [0.717, 1.165) is 0 Å². The maximum absolute atomic E-state index is 13.4. The number of hydrogen-bond donors (Lipinski definition) is 0. The summed E-state index contributed by atoms with van der Waals surface area (Å²) < 4.78 is 13.4. The van der Waals surface area contributed by atoms with E-state index in [-0.39, 0.29) is 36.6 Å². The van der Waals surface area contributed by atoms with Crippen LogP contribution in [-0.4, -0.2) is 69.6 Å². The molecule has 0 saturated carbocycles. The molecule has 2 saturated heterocycles. The van der Waals surface area contributed by atoms with Gasteiger partial charge in [0, 0.05) is 31.6 Å². The van der Waals surface area contributed by atoms with Crippen molar-refractivity contribution < 1.29 is 18.8 Å². The molecule has 2 aromatic rings. The molecular weight excluding hydrogens is 383 g/mol. The van der Waals surface area contributed by atoms with Gasteiger partial charge < -0.3 is 14.7 Å². The van der Waals surface area contributed by atoms with Crippen LogP contribution in [0.3, 0.4) is 0 Å². The van der Waals surface area contributed by atoms with Gasteiger partial charge in [-0.2, -0.15) is 0 Å². The Kier molecular flexibility index (Phi) is 5.08. The molecule has 1 atom stereocenters. The maximum atomic E-state index is 13.4. The Labute approximate surface area is 165 Å². The Balaban J connectivity index is 1.48. The second-order valence-corrected chi connectivity index (χ2v) is 7.60. The SMILES string of the molecule is O=C(c1cscn1)N1CCC2C(=O)N(Cc3cccc(F)c3)CC(=O)N2CC1. The first-order chi connectivity index (χ1) is 13.5. The number of carbonyl (C=O) groups excluding carboxylic acids is 3. The summed E-state index contributed by atoms with van der Waals surface area (Å²) in [6.07, 6.45) is 0.375. The summed E-state index contributed by atoms with van der Waals surface area (Å²) in [5.41, 5.74) is 2.63. The van der Waals surface area contributed by atoms with Crippen molar-refractivity contribution in [2.75, 3.05) is 26.2 Å². The lowest BCUT2D eigenvalue weighted by Crippen LogP contribution is -2.59. The maximum Gasteiger partial charge on any atom is 0.273 e. The van der Waals surface area contributed by atoms with Gasteiger partial charge in [-0.1, -0.05) is 12.1 Å². The van der Waals surface area contributed by atoms with Gasteiger partial charge in [0.1, 0.15) is 24.1 Å². The molecule has 28 heavy (non-hydrogen) atoms. The molecule has 7 nitrogen and oxygen atoms in total. The standard InChI is InChI=1S/C19H19FN4O3S/c20-14-3-1-2-13(8-14)9-23-10-17(25)24-7-6-22(5-4-16(24)19(23)27)18(26)15-11-28-12-21-15/h1-3,8,11-12,16H,4-7,9-10H2. The van der Waals surface area contributed by atoms with Gasteiger partial charge in [0.15, 0.2) is 0 Å². The number of rotatable bonds is 3. The van der Waals surface area contributed by atoms with Crippen molar-refractivity contribution in [2.45, 2.75) is 19.0 Å². The first kappa shape index (κ1) is 18.5. The fourth-order valence-corrected chi connectivity index (χ4v) is 4.23. The van der Waals surface area contributed by atoms with Crippen molar-refractivity contribution in [3.05, 3.63) is 52.2 Å². The fraction of sp³-hybridized carbons (Fsp3) is 0.368. The molecule has 1 aromatic heterocycles. The average Bonchev–Trinajstić information content (AvgIpc) is 3.11. The van der Waals surface area contributed by atoms with Crippen LogP contribution in [0.1, 0.15) is 22.5 Å². The van der Waals surface area contributed by atoms with E-state index in [1.807, 2.05) is 0 Å². The minimum atomic E-state index is -0.594. The number of nitrogens with zero attached hydrogens (tertiary/aromatic N) is 4. The number of aromatic nitrogens is 1. The number of benzene rings is 1. The normalized spacial score (nSPS) is 20.2. The third kappa shape index (κ3) is 3.62. The van der Waals surface area contributed by atoms with Crippen LogP contribution in [0.5, 0.6) is 0 Å². The molecule has 9 heteroatoms. The summed E-state index contributed by atoms with van der Waals surface area (Å²) in [5, 5.41) is 1.69. The van der Waals surface area contributed by atoms with E-state index in [1.54, 1.807) is 32.8 Å². The van der Waals surface area contributed by atoms with Gasteiger partial charge in [-0.25, -0.2) is 9.37 Å². The minimum Gasteiger partial charge on any atom is -0.335 e. The predicted octanol–water partition coefficient (Wildman–Crippen LogP) is 1.37. The number of thiazole rings is 1. The van der Waals surface area contributed by atoms with E-state index >= 15 is 0 Å². The molecule has 0 radical (unpaired) electrons. The number of hydrogen-bond acceptors (Lipinski definition) is 5. The van der Waals surface area contributed by atoms with Crippen LogP contribution in [0.2, 0.25) is 0 Å². The van der Waals surface area contributed by atoms with E-state index in [9.17, 15) is 18.8 Å². The summed E-state index contributed by atoms with van der Waals surface area (Å²) in [4.78, 5) is 46.9. The highest BCUT2D eigenvalue weighted by atomic mass is 32.1. The number of fused-ring (bicyclic) bond motifs is 1. The monoisotopic (exact) mass is 402 g/mol. The summed E-state index contributed by atoms with van der Waals surface area (Å²) >= 11 is 1.35. The van der Waals surface area contributed by atoms with Crippen LogP contribution in [0.4, 0.5) is 4.39 Å². The smallest absolute Gasteiger partial charge is 0.273 e. The van der Waals surface area contributed by atoms with E-state index in [2.05, 4.69) is 4.98 Å². The van der Waals surface area contributed by atoms with Crippen LogP contribution >= 0.6 is 11.3 Å². The van der Waals surface area contributed by atoms with Crippen molar-refractivity contribution in [2.24, 2.45) is 0 Å². The van der Waals surface area contributed by atoms with Gasteiger partial charge in [0.25, 0.3) is 5.91 Å². The second kappa shape index (κ2) is 7.67. The molecular formula is C19H19FN4O3S. The zero-order chi connectivity index (χ0) is 19.7. The molecule has 4 rings (SSSR count). The Morgan fingerprint density at radius 2 is 2.11 bits per heavy atom. The molecule has 0 bridgehead atoms. The highest BCUT2D eigenvalue weighted by molar-refractivity contribution is 7.07. The van der Waals surface area contributed by atoms with E-state index in [4.69, 9.17) is 0 Å². The topological polar surface area (TPSA) is 73.8 Å². The average molecular weight is 402 g/mol. The van der Waals surface area contributed by atoms with E-state index < -0.39 is 6.04 Å². The van der Waals surface area contributed by atoms with Gasteiger partial charge in [-0.3, -0.25) is 14.4 Å². The van der Waals surface area contributed by atoms with Crippen LogP contribution in [-0.2, 0) is 16.1 Å². The summed E-state index contributed by atoms with van der Waals surface area (Å²) in [5.74, 6) is -0.867. The lowest BCUT2D eigenvalue weighted by Gasteiger charge is -2.39. The Morgan fingerprint density at radius 3 is 2.86 bits per heavy atom. The minimum absolute atomic E-state index is 0.0358. The zero-order valence-corrected chi connectivity index (χ0v) is 15.9. The van der Waals surface area contributed by atoms with E-state index in [0.29, 0.717) is 37.3 Å². The Hall–Kier alpha value is -2.81. The molecule has 2 aliphatic rings. The summed E-state index contributed by atoms with van der Waals surface area (Å²) in [6, 6.07) is 5.43. The highest BCUT2D eigenvalue weighted by Crippen LogP contribution is 2.22. The molecule has 3 amide bonds. The van der Waals surface area contributed by atoms with Crippen LogP contribution in [0.15, 0.2) is 35.2 Å². The lowest BCUT2D eigenvalue weighted by molar-refractivity contribution is -0.156. The van der Waals surface area contributed by atoms with Gasteiger partial charge in [0.2, 0.25) is 11.8 Å². The molecule has 0 aliphatic carbocycles. The number of halogens is 1. The van der Waals surface area contributed by atoms with Crippen molar-refractivity contribution in [1.82, 2.24) is 19.7 Å². The van der Waals surface area contributed by atoms with Crippen LogP contribution in [0, 0.1) is 5.82 Å². The van der Waals surface area contributed by atoms with Crippen molar-refractivity contribution in [3.63, 3.8) is 0 Å². The number of carbonyl (C=O) groups is 3. The molecule has 2 aliphatic heterocycles. The molecule has 0 spiro atoms. The van der Waals surface area contributed by atoms with Gasteiger partial charge in [-0.05, 0) is 24.1 Å². The highest BCUT2D eigenvalue weighted by Gasteiger charge is 2.41. The third-order valence-corrected chi connectivity index (χ3v) is 5.69.